The van der Waals surface area contributed by atoms with Gasteiger partial charge in [-0.25, -0.2) is 0 Å². The summed E-state index contributed by atoms with van der Waals surface area (Å²) in [5.74, 6) is 6.68. The van der Waals surface area contributed by atoms with Crippen LogP contribution in [0.1, 0.15) is 31.7 Å². The monoisotopic (exact) mass is 285 g/mol. The Morgan fingerprint density at radius 2 is 2.19 bits per heavy atom. The molecule has 0 heterocycles. The van der Waals surface area contributed by atoms with Gasteiger partial charge in [0.05, 0.1) is 6.54 Å². The molecule has 0 aliphatic heterocycles. The number of unbranched alkanes of at least 4 members (excludes halogenated alkanes) is 1. The van der Waals surface area contributed by atoms with Crippen LogP contribution in [0.2, 0.25) is 0 Å². The number of nitrogens with one attached hydrogen (secondary N) is 1. The van der Waals surface area contributed by atoms with Gasteiger partial charge in [0.15, 0.2) is 0 Å². The Balaban J connectivity index is 2.29. The maximum absolute atomic E-state index is 11.4. The molecule has 0 aliphatic carbocycles. The fourth-order valence-corrected chi connectivity index (χ4v) is 1.76. The van der Waals surface area contributed by atoms with Crippen LogP contribution in [0.3, 0.4) is 0 Å². The molecule has 0 saturated carbocycles. The number of carbonyl (C=O) groups is 1. The minimum atomic E-state index is 0.0587. The van der Waals surface area contributed by atoms with E-state index in [0.29, 0.717) is 19.6 Å². The molecular formula is C18H23NO2. The average Bonchev–Trinajstić information content (AvgIpc) is 2.50. The average molecular weight is 285 g/mol. The van der Waals surface area contributed by atoms with Crippen LogP contribution in [0.5, 0.6) is 5.75 Å². The molecule has 3 nitrogen and oxygen atoms in total. The number of para-hydroxylation sites is 1. The van der Waals surface area contributed by atoms with Crippen LogP contribution >= 0.6 is 0 Å². The molecule has 21 heavy (non-hydrogen) atoms. The van der Waals surface area contributed by atoms with Gasteiger partial charge in [0.1, 0.15) is 12.4 Å². The second kappa shape index (κ2) is 10.6. The van der Waals surface area contributed by atoms with Crippen LogP contribution in [0.15, 0.2) is 36.9 Å². The molecule has 0 aliphatic rings. The molecule has 1 N–H and O–H groups in total. The number of amides is 1. The predicted molar refractivity (Wildman–Crippen MR) is 86.1 cm³/mol. The van der Waals surface area contributed by atoms with Crippen molar-refractivity contribution in [1.29, 1.82) is 0 Å². The van der Waals surface area contributed by atoms with E-state index in [2.05, 4.69) is 30.7 Å². The van der Waals surface area contributed by atoms with Crippen molar-refractivity contribution in [3.05, 3.63) is 42.5 Å². The molecule has 0 aromatic heterocycles. The summed E-state index contributed by atoms with van der Waals surface area (Å²) in [7, 11) is 0. The Morgan fingerprint density at radius 1 is 1.38 bits per heavy atom. The fourth-order valence-electron chi connectivity index (χ4n) is 1.76. The van der Waals surface area contributed by atoms with Gasteiger partial charge in [-0.05, 0) is 24.5 Å². The number of allylic oxidation sites excluding steroid dienone is 1. The molecule has 0 fully saturated rings. The number of carbonyl (C=O) groups excluding carboxylic acids is 1. The molecule has 1 aromatic carbocycles. The maximum Gasteiger partial charge on any atom is 0.220 e. The van der Waals surface area contributed by atoms with Crippen molar-refractivity contribution in [1.82, 2.24) is 5.32 Å². The van der Waals surface area contributed by atoms with E-state index in [0.717, 1.165) is 30.6 Å². The second-order valence-electron chi connectivity index (χ2n) is 4.62. The van der Waals surface area contributed by atoms with E-state index in [4.69, 9.17) is 4.74 Å². The van der Waals surface area contributed by atoms with E-state index in [1.165, 1.54) is 0 Å². The molecule has 0 radical (unpaired) electrons. The third-order valence-electron chi connectivity index (χ3n) is 2.89. The smallest absolute Gasteiger partial charge is 0.220 e. The molecule has 3 heteroatoms. The van der Waals surface area contributed by atoms with Crippen molar-refractivity contribution in [3.63, 3.8) is 0 Å². The van der Waals surface area contributed by atoms with E-state index < -0.39 is 0 Å². The maximum atomic E-state index is 11.4. The van der Waals surface area contributed by atoms with E-state index >= 15 is 0 Å². The lowest BCUT2D eigenvalue weighted by molar-refractivity contribution is -0.120. The zero-order valence-electron chi connectivity index (χ0n) is 12.7. The van der Waals surface area contributed by atoms with Gasteiger partial charge in [-0.3, -0.25) is 4.79 Å². The number of ether oxygens (including phenoxy) is 1. The van der Waals surface area contributed by atoms with Gasteiger partial charge in [0.2, 0.25) is 5.91 Å². The van der Waals surface area contributed by atoms with E-state index in [9.17, 15) is 4.79 Å². The van der Waals surface area contributed by atoms with Crippen LogP contribution in [0, 0.1) is 11.8 Å². The highest BCUT2D eigenvalue weighted by atomic mass is 16.5. The van der Waals surface area contributed by atoms with Gasteiger partial charge < -0.3 is 10.1 Å². The lowest BCUT2D eigenvalue weighted by Crippen LogP contribution is -2.23. The third-order valence-corrected chi connectivity index (χ3v) is 2.89. The normalized spacial score (nSPS) is 9.38. The Labute approximate surface area is 127 Å². The number of hydrogen-bond acceptors (Lipinski definition) is 2. The SMILES string of the molecule is C=CCc1ccccc1OCC#CCNC(=O)CCCC. The van der Waals surface area contributed by atoms with Crippen molar-refractivity contribution in [2.75, 3.05) is 13.2 Å². The van der Waals surface area contributed by atoms with Gasteiger partial charge in [-0.2, -0.15) is 0 Å². The summed E-state index contributed by atoms with van der Waals surface area (Å²) in [6, 6.07) is 7.85. The fraction of sp³-hybridized carbons (Fsp3) is 0.389. The minimum absolute atomic E-state index is 0.0587. The van der Waals surface area contributed by atoms with E-state index in [-0.39, 0.29) is 5.91 Å². The first-order chi connectivity index (χ1) is 10.3. The topological polar surface area (TPSA) is 38.3 Å². The third kappa shape index (κ3) is 7.22. The molecule has 0 saturated heterocycles. The number of hydrogen-bond donors (Lipinski definition) is 1. The summed E-state index contributed by atoms with van der Waals surface area (Å²) in [6.07, 6.45) is 5.14. The molecular weight excluding hydrogens is 262 g/mol. The lowest BCUT2D eigenvalue weighted by atomic mass is 10.1. The van der Waals surface area contributed by atoms with Gasteiger partial charge in [-0.1, -0.05) is 49.5 Å². The van der Waals surface area contributed by atoms with Crippen LogP contribution in [0.25, 0.3) is 0 Å². The molecule has 0 bridgehead atoms. The molecule has 1 rings (SSSR count). The van der Waals surface area contributed by atoms with Crippen LogP contribution in [-0.4, -0.2) is 19.1 Å². The molecule has 112 valence electrons. The van der Waals surface area contributed by atoms with Crippen LogP contribution < -0.4 is 10.1 Å². The zero-order valence-corrected chi connectivity index (χ0v) is 12.7. The molecule has 0 atom stereocenters. The summed E-state index contributed by atoms with van der Waals surface area (Å²) in [5.41, 5.74) is 1.10. The summed E-state index contributed by atoms with van der Waals surface area (Å²) >= 11 is 0. The largest absolute Gasteiger partial charge is 0.481 e. The van der Waals surface area contributed by atoms with E-state index in [1.54, 1.807) is 0 Å². The zero-order chi connectivity index (χ0) is 15.3. The number of rotatable bonds is 8. The van der Waals surface area contributed by atoms with Crippen molar-refractivity contribution in [2.45, 2.75) is 32.6 Å². The number of benzene rings is 1. The Hall–Kier alpha value is -2.21. The Morgan fingerprint density at radius 3 is 2.95 bits per heavy atom. The Kier molecular flexibility index (Phi) is 8.47. The van der Waals surface area contributed by atoms with Crippen molar-refractivity contribution in [2.24, 2.45) is 0 Å². The molecule has 0 spiro atoms. The molecule has 1 aromatic rings. The van der Waals surface area contributed by atoms with Gasteiger partial charge in [0.25, 0.3) is 0 Å². The molecule has 0 unspecified atom stereocenters. The summed E-state index contributed by atoms with van der Waals surface area (Å²) in [6.45, 7) is 6.49. The summed E-state index contributed by atoms with van der Waals surface area (Å²) in [5, 5.41) is 2.77. The first kappa shape index (κ1) is 16.8. The predicted octanol–water partition coefficient (Wildman–Crippen LogP) is 3.10. The highest BCUT2D eigenvalue weighted by Crippen LogP contribution is 2.18. The Bertz CT molecular complexity index is 511. The first-order valence-electron chi connectivity index (χ1n) is 7.32. The molecule has 1 amide bonds. The minimum Gasteiger partial charge on any atom is -0.481 e. The van der Waals surface area contributed by atoms with Crippen molar-refractivity contribution >= 4 is 5.91 Å². The van der Waals surface area contributed by atoms with Gasteiger partial charge in [0, 0.05) is 6.42 Å². The van der Waals surface area contributed by atoms with Crippen LogP contribution in [-0.2, 0) is 11.2 Å². The van der Waals surface area contributed by atoms with E-state index in [1.807, 2.05) is 30.3 Å². The summed E-state index contributed by atoms with van der Waals surface area (Å²) in [4.78, 5) is 11.4. The van der Waals surface area contributed by atoms with Crippen LogP contribution in [0.4, 0.5) is 0 Å². The van der Waals surface area contributed by atoms with Gasteiger partial charge in [-0.15, -0.1) is 6.58 Å². The second-order valence-corrected chi connectivity index (χ2v) is 4.62. The standard InChI is InChI=1S/C18H23NO2/c1-3-5-13-18(20)19-14-8-9-15-21-17-12-7-6-11-16(17)10-4-2/h4,6-7,11-12H,2-3,5,10,13-15H2,1H3,(H,19,20). The first-order valence-corrected chi connectivity index (χ1v) is 7.32. The lowest BCUT2D eigenvalue weighted by Gasteiger charge is -2.07. The quantitative estimate of drug-likeness (QED) is 0.589. The van der Waals surface area contributed by atoms with Crippen molar-refractivity contribution < 1.29 is 9.53 Å². The highest BCUT2D eigenvalue weighted by molar-refractivity contribution is 5.76. The van der Waals surface area contributed by atoms with Crippen molar-refractivity contribution in [3.8, 4) is 17.6 Å². The summed E-state index contributed by atoms with van der Waals surface area (Å²) < 4.78 is 5.63. The highest BCUT2D eigenvalue weighted by Gasteiger charge is 1.99. The van der Waals surface area contributed by atoms with Gasteiger partial charge >= 0.3 is 0 Å².